The number of halogens is 1. The first-order chi connectivity index (χ1) is 8.91. The Morgan fingerprint density at radius 1 is 1.53 bits per heavy atom. The van der Waals surface area contributed by atoms with Gasteiger partial charge < -0.3 is 5.32 Å². The minimum absolute atomic E-state index is 0.0949. The summed E-state index contributed by atoms with van der Waals surface area (Å²) >= 11 is 3.10. The van der Waals surface area contributed by atoms with Gasteiger partial charge in [0, 0.05) is 18.2 Å². The van der Waals surface area contributed by atoms with Gasteiger partial charge in [-0.05, 0) is 46.3 Å². The van der Waals surface area contributed by atoms with Crippen LogP contribution in [0, 0.1) is 15.5 Å². The Balaban J connectivity index is 2.06. The summed E-state index contributed by atoms with van der Waals surface area (Å²) in [4.78, 5) is 22.3. The van der Waals surface area contributed by atoms with E-state index in [-0.39, 0.29) is 17.0 Å². The van der Waals surface area contributed by atoms with Crippen LogP contribution in [0.15, 0.2) is 22.7 Å². The molecular weight excluding hydrogens is 312 g/mol. The molecule has 0 aliphatic heterocycles. The molecule has 102 valence electrons. The van der Waals surface area contributed by atoms with Crippen LogP contribution in [-0.4, -0.2) is 17.4 Å². The van der Waals surface area contributed by atoms with Gasteiger partial charge >= 0.3 is 0 Å². The van der Waals surface area contributed by atoms with E-state index in [0.717, 1.165) is 12.8 Å². The van der Waals surface area contributed by atoms with Crippen molar-refractivity contribution >= 4 is 27.5 Å². The van der Waals surface area contributed by atoms with Crippen molar-refractivity contribution in [2.45, 2.75) is 26.2 Å². The number of nitro groups is 1. The molecule has 1 aliphatic carbocycles. The van der Waals surface area contributed by atoms with Crippen LogP contribution in [0.25, 0.3) is 0 Å². The first-order valence-corrected chi connectivity index (χ1v) is 6.93. The third kappa shape index (κ3) is 3.12. The second-order valence-electron chi connectivity index (χ2n) is 5.27. The fourth-order valence-electron chi connectivity index (χ4n) is 2.15. The summed E-state index contributed by atoms with van der Waals surface area (Å²) in [7, 11) is 0. The van der Waals surface area contributed by atoms with Crippen LogP contribution in [-0.2, 0) is 0 Å². The molecule has 0 heterocycles. The van der Waals surface area contributed by atoms with Crippen molar-refractivity contribution in [1.82, 2.24) is 5.32 Å². The Hall–Kier alpha value is -1.43. The fraction of sp³-hybridized carbons (Fsp3) is 0.462. The summed E-state index contributed by atoms with van der Waals surface area (Å²) in [6.45, 7) is 2.76. The smallest absolute Gasteiger partial charge is 0.284 e. The van der Waals surface area contributed by atoms with Gasteiger partial charge in [-0.2, -0.15) is 0 Å². The molecule has 1 saturated carbocycles. The van der Waals surface area contributed by atoms with Gasteiger partial charge in [0.05, 0.1) is 9.40 Å². The molecule has 0 radical (unpaired) electrons. The number of hydrogen-bond donors (Lipinski definition) is 1. The van der Waals surface area contributed by atoms with Crippen molar-refractivity contribution in [2.24, 2.45) is 5.41 Å². The minimum atomic E-state index is -0.506. The molecule has 1 amide bonds. The fourth-order valence-corrected chi connectivity index (χ4v) is 2.54. The number of amides is 1. The lowest BCUT2D eigenvalue weighted by Gasteiger charge is -2.38. The normalized spacial score (nSPS) is 16.5. The van der Waals surface area contributed by atoms with Gasteiger partial charge in [-0.25, -0.2) is 0 Å². The molecule has 1 aromatic carbocycles. The predicted octanol–water partition coefficient (Wildman–Crippen LogP) is 3.28. The van der Waals surface area contributed by atoms with E-state index in [1.54, 1.807) is 6.07 Å². The van der Waals surface area contributed by atoms with E-state index in [0.29, 0.717) is 16.6 Å². The van der Waals surface area contributed by atoms with Crippen LogP contribution in [0.5, 0.6) is 0 Å². The molecule has 1 aliphatic rings. The van der Waals surface area contributed by atoms with Crippen molar-refractivity contribution in [1.29, 1.82) is 0 Å². The lowest BCUT2D eigenvalue weighted by Crippen LogP contribution is -2.39. The number of benzene rings is 1. The molecule has 0 atom stereocenters. The zero-order chi connectivity index (χ0) is 14.0. The number of nitro benzene ring substituents is 1. The molecule has 0 unspecified atom stereocenters. The third-order valence-electron chi connectivity index (χ3n) is 3.64. The number of rotatable bonds is 4. The number of carbonyl (C=O) groups excluding carboxylic acids is 1. The highest BCUT2D eigenvalue weighted by molar-refractivity contribution is 9.10. The van der Waals surface area contributed by atoms with Crippen LogP contribution in [0.1, 0.15) is 36.5 Å². The first-order valence-electron chi connectivity index (χ1n) is 6.13. The summed E-state index contributed by atoms with van der Waals surface area (Å²) in [5.74, 6) is -0.260. The summed E-state index contributed by atoms with van der Waals surface area (Å²) in [6.07, 6.45) is 3.44. The second kappa shape index (κ2) is 5.28. The van der Waals surface area contributed by atoms with E-state index in [2.05, 4.69) is 28.2 Å². The number of nitrogens with one attached hydrogen (secondary N) is 1. The molecular formula is C13H15BrN2O3. The molecule has 2 rings (SSSR count). The second-order valence-corrected chi connectivity index (χ2v) is 6.12. The van der Waals surface area contributed by atoms with Gasteiger partial charge in [0.25, 0.3) is 11.6 Å². The lowest BCUT2D eigenvalue weighted by atomic mass is 9.70. The topological polar surface area (TPSA) is 72.2 Å². The van der Waals surface area contributed by atoms with Crippen molar-refractivity contribution in [3.8, 4) is 0 Å². The third-order valence-corrected chi connectivity index (χ3v) is 4.31. The monoisotopic (exact) mass is 326 g/mol. The van der Waals surface area contributed by atoms with Crippen molar-refractivity contribution in [3.05, 3.63) is 38.3 Å². The van der Waals surface area contributed by atoms with Gasteiger partial charge in [0.15, 0.2) is 0 Å². The molecule has 1 N–H and O–H groups in total. The van der Waals surface area contributed by atoms with Crippen LogP contribution < -0.4 is 5.32 Å². The Morgan fingerprint density at radius 3 is 2.74 bits per heavy atom. The Kier molecular flexibility index (Phi) is 3.89. The van der Waals surface area contributed by atoms with E-state index in [1.165, 1.54) is 18.6 Å². The Bertz CT molecular complexity index is 527. The maximum absolute atomic E-state index is 12.0. The molecule has 5 nitrogen and oxygen atoms in total. The highest BCUT2D eigenvalue weighted by Gasteiger charge is 2.32. The van der Waals surface area contributed by atoms with E-state index >= 15 is 0 Å². The minimum Gasteiger partial charge on any atom is -0.351 e. The highest BCUT2D eigenvalue weighted by Crippen LogP contribution is 2.39. The van der Waals surface area contributed by atoms with Gasteiger partial charge in [0.2, 0.25) is 0 Å². The van der Waals surface area contributed by atoms with Crippen LogP contribution in [0.3, 0.4) is 0 Å². The number of hydrogen-bond acceptors (Lipinski definition) is 3. The van der Waals surface area contributed by atoms with E-state index in [1.807, 2.05) is 0 Å². The van der Waals surface area contributed by atoms with Crippen molar-refractivity contribution in [2.75, 3.05) is 6.54 Å². The van der Waals surface area contributed by atoms with Gasteiger partial charge in [-0.3, -0.25) is 14.9 Å². The van der Waals surface area contributed by atoms with Gasteiger partial charge in [0.1, 0.15) is 0 Å². The molecule has 0 spiro atoms. The molecule has 1 fully saturated rings. The van der Waals surface area contributed by atoms with E-state index in [9.17, 15) is 14.9 Å². The van der Waals surface area contributed by atoms with Crippen molar-refractivity contribution in [3.63, 3.8) is 0 Å². The SMILES string of the molecule is CC1(CNC(=O)c2ccc(Br)c([N+](=O)[O-])c2)CCC1. The van der Waals surface area contributed by atoms with Crippen LogP contribution in [0.4, 0.5) is 5.69 Å². The quantitative estimate of drug-likeness (QED) is 0.681. The lowest BCUT2D eigenvalue weighted by molar-refractivity contribution is -0.385. The zero-order valence-electron chi connectivity index (χ0n) is 10.6. The maximum atomic E-state index is 12.0. The van der Waals surface area contributed by atoms with E-state index < -0.39 is 4.92 Å². The average molecular weight is 327 g/mol. The summed E-state index contributed by atoms with van der Waals surface area (Å²) < 4.78 is 0.375. The molecule has 19 heavy (non-hydrogen) atoms. The van der Waals surface area contributed by atoms with Gasteiger partial charge in [-0.15, -0.1) is 0 Å². The average Bonchev–Trinajstić information content (AvgIpc) is 2.33. The molecule has 0 aromatic heterocycles. The largest absolute Gasteiger partial charge is 0.351 e. The molecule has 1 aromatic rings. The van der Waals surface area contributed by atoms with E-state index in [4.69, 9.17) is 0 Å². The molecule has 0 saturated heterocycles. The standard InChI is InChI=1S/C13H15BrN2O3/c1-13(5-2-6-13)8-15-12(17)9-3-4-10(14)11(7-9)16(18)19/h3-4,7H,2,5-6,8H2,1H3,(H,15,17). The Morgan fingerprint density at radius 2 is 2.21 bits per heavy atom. The Labute approximate surface area is 119 Å². The number of carbonyl (C=O) groups is 1. The molecule has 0 bridgehead atoms. The highest BCUT2D eigenvalue weighted by atomic mass is 79.9. The number of nitrogens with zero attached hydrogens (tertiary/aromatic N) is 1. The summed E-state index contributed by atoms with van der Waals surface area (Å²) in [6, 6.07) is 4.40. The summed E-state index contributed by atoms with van der Waals surface area (Å²) in [5.41, 5.74) is 0.414. The first kappa shape index (κ1) is 14.0. The maximum Gasteiger partial charge on any atom is 0.284 e. The van der Waals surface area contributed by atoms with Gasteiger partial charge in [-0.1, -0.05) is 13.3 Å². The van der Waals surface area contributed by atoms with Crippen molar-refractivity contribution < 1.29 is 9.72 Å². The summed E-state index contributed by atoms with van der Waals surface area (Å²) in [5, 5.41) is 13.7. The van der Waals surface area contributed by atoms with Crippen LogP contribution in [0.2, 0.25) is 0 Å². The zero-order valence-corrected chi connectivity index (χ0v) is 12.2. The molecule has 6 heteroatoms. The van der Waals surface area contributed by atoms with Crippen LogP contribution >= 0.6 is 15.9 Å². The predicted molar refractivity (Wildman–Crippen MR) is 75.1 cm³/mol.